The van der Waals surface area contributed by atoms with Crippen LogP contribution in [0.15, 0.2) is 0 Å². The van der Waals surface area contributed by atoms with E-state index in [1.165, 1.54) is 0 Å². The van der Waals surface area contributed by atoms with Gasteiger partial charge in [0.15, 0.2) is 0 Å². The van der Waals surface area contributed by atoms with Crippen LogP contribution in [-0.4, -0.2) is 51.2 Å². The van der Waals surface area contributed by atoms with E-state index in [4.69, 9.17) is 23.4 Å². The monoisotopic (exact) mass is 346 g/mol. The lowest BCUT2D eigenvalue weighted by molar-refractivity contribution is -0.0533. The van der Waals surface area contributed by atoms with Crippen LogP contribution in [0.3, 0.4) is 0 Å². The Morgan fingerprint density at radius 1 is 0.826 bits per heavy atom. The second-order valence-corrected chi connectivity index (χ2v) is 10.5. The smallest absolute Gasteiger partial charge is 0.325 e. The standard InChI is InChI=1S/C17H34O5Si/c1-7-10-13-20-23(6,16(14(4)21-16)18-11-8-2)17(15(5)22-17)19-12-9-3/h14-15H,7-13H2,1-6H3. The zero-order valence-corrected chi connectivity index (χ0v) is 16.6. The van der Waals surface area contributed by atoms with Gasteiger partial charge in [0.05, 0.1) is 0 Å². The van der Waals surface area contributed by atoms with Crippen LogP contribution in [0.5, 0.6) is 0 Å². The summed E-state index contributed by atoms with van der Waals surface area (Å²) in [7, 11) is -2.61. The molecule has 2 heterocycles. The molecule has 0 aromatic carbocycles. The summed E-state index contributed by atoms with van der Waals surface area (Å²) in [5, 5.41) is 0. The molecular weight excluding hydrogens is 312 g/mol. The minimum atomic E-state index is -2.61. The Balaban J connectivity index is 2.25. The van der Waals surface area contributed by atoms with Gasteiger partial charge in [0.1, 0.15) is 12.2 Å². The molecule has 136 valence electrons. The van der Waals surface area contributed by atoms with E-state index in [2.05, 4.69) is 41.2 Å². The molecule has 0 bridgehead atoms. The fraction of sp³-hybridized carbons (Fsp3) is 1.00. The molecule has 0 amide bonds. The van der Waals surface area contributed by atoms with Gasteiger partial charge < -0.3 is 23.4 Å². The lowest BCUT2D eigenvalue weighted by atomic mass is 10.4. The number of unbranched alkanes of at least 4 members (excludes halogenated alkanes) is 1. The highest BCUT2D eigenvalue weighted by Gasteiger charge is 2.84. The largest absolute Gasteiger partial charge is 0.407 e. The molecule has 2 rings (SSSR count). The molecular formula is C17H34O5Si. The number of epoxide rings is 2. The fourth-order valence-corrected chi connectivity index (χ4v) is 7.96. The van der Waals surface area contributed by atoms with Crippen molar-refractivity contribution in [2.24, 2.45) is 0 Å². The van der Waals surface area contributed by atoms with Crippen molar-refractivity contribution in [2.75, 3.05) is 19.8 Å². The summed E-state index contributed by atoms with van der Waals surface area (Å²) < 4.78 is 30.9. The molecule has 6 heteroatoms. The van der Waals surface area contributed by atoms with Crippen LogP contribution in [0, 0.1) is 0 Å². The maximum atomic E-state index is 6.50. The van der Waals surface area contributed by atoms with Gasteiger partial charge >= 0.3 is 8.32 Å². The van der Waals surface area contributed by atoms with E-state index in [1.54, 1.807) is 0 Å². The molecule has 0 N–H and O–H groups in total. The van der Waals surface area contributed by atoms with Crippen molar-refractivity contribution in [3.63, 3.8) is 0 Å². The number of ether oxygens (including phenoxy) is 4. The first-order valence-electron chi connectivity index (χ1n) is 9.21. The van der Waals surface area contributed by atoms with Crippen LogP contribution in [0.4, 0.5) is 0 Å². The number of rotatable bonds is 12. The molecule has 0 aromatic heterocycles. The maximum absolute atomic E-state index is 6.50. The van der Waals surface area contributed by atoms with Gasteiger partial charge in [-0.05, 0) is 39.7 Å². The number of hydrogen-bond acceptors (Lipinski definition) is 5. The van der Waals surface area contributed by atoms with Gasteiger partial charge in [0.25, 0.3) is 0 Å². The first-order valence-corrected chi connectivity index (χ1v) is 11.6. The van der Waals surface area contributed by atoms with Crippen molar-refractivity contribution in [1.29, 1.82) is 0 Å². The van der Waals surface area contributed by atoms with E-state index < -0.39 is 19.1 Å². The van der Waals surface area contributed by atoms with Crippen molar-refractivity contribution >= 4 is 8.32 Å². The van der Waals surface area contributed by atoms with Crippen LogP contribution >= 0.6 is 0 Å². The van der Waals surface area contributed by atoms with Crippen LogP contribution in [0.2, 0.25) is 6.55 Å². The Bertz CT molecular complexity index is 365. The van der Waals surface area contributed by atoms with Crippen molar-refractivity contribution in [2.45, 2.75) is 89.9 Å². The van der Waals surface area contributed by atoms with Crippen molar-refractivity contribution in [3.8, 4) is 0 Å². The van der Waals surface area contributed by atoms with Crippen molar-refractivity contribution < 1.29 is 23.4 Å². The Morgan fingerprint density at radius 3 is 1.57 bits per heavy atom. The summed E-state index contributed by atoms with van der Waals surface area (Å²) in [4.78, 5) is 0. The van der Waals surface area contributed by atoms with Crippen LogP contribution in [-0.2, 0) is 23.4 Å². The minimum absolute atomic E-state index is 0.0332. The molecule has 0 radical (unpaired) electrons. The summed E-state index contributed by atoms with van der Waals surface area (Å²) >= 11 is 0. The molecule has 2 fully saturated rings. The molecule has 4 atom stereocenters. The topological polar surface area (TPSA) is 52.8 Å². The summed E-state index contributed by atoms with van der Waals surface area (Å²) in [5.74, 6) is 0. The molecule has 2 aliphatic heterocycles. The van der Waals surface area contributed by atoms with Crippen molar-refractivity contribution in [1.82, 2.24) is 0 Å². The molecule has 5 nitrogen and oxygen atoms in total. The van der Waals surface area contributed by atoms with E-state index in [1.807, 2.05) is 0 Å². The highest BCUT2D eigenvalue weighted by Crippen LogP contribution is 2.57. The maximum Gasteiger partial charge on any atom is 0.325 e. The summed E-state index contributed by atoms with van der Waals surface area (Å²) in [5.41, 5.74) is -1.29. The zero-order chi connectivity index (χ0) is 17.1. The predicted octanol–water partition coefficient (Wildman–Crippen LogP) is 3.54. The van der Waals surface area contributed by atoms with Crippen LogP contribution in [0.25, 0.3) is 0 Å². The van der Waals surface area contributed by atoms with E-state index in [0.29, 0.717) is 19.8 Å². The molecule has 0 saturated carbocycles. The van der Waals surface area contributed by atoms with E-state index in [0.717, 1.165) is 25.7 Å². The minimum Gasteiger partial charge on any atom is -0.407 e. The molecule has 4 unspecified atom stereocenters. The Morgan fingerprint density at radius 2 is 1.26 bits per heavy atom. The van der Waals surface area contributed by atoms with E-state index >= 15 is 0 Å². The second-order valence-electron chi connectivity index (χ2n) is 6.79. The van der Waals surface area contributed by atoms with Crippen molar-refractivity contribution in [3.05, 3.63) is 0 Å². The molecule has 2 saturated heterocycles. The summed E-state index contributed by atoms with van der Waals surface area (Å²) in [6, 6.07) is 0. The first-order chi connectivity index (χ1) is 10.9. The highest BCUT2D eigenvalue weighted by molar-refractivity contribution is 6.79. The van der Waals surface area contributed by atoms with Gasteiger partial charge in [0.2, 0.25) is 10.8 Å². The lowest BCUT2D eigenvalue weighted by Crippen LogP contribution is -2.66. The summed E-state index contributed by atoms with van der Waals surface area (Å²) in [6.07, 6.45) is 4.10. The van der Waals surface area contributed by atoms with Crippen LogP contribution in [0.1, 0.15) is 60.3 Å². The second kappa shape index (κ2) is 7.50. The molecule has 0 aromatic rings. The first kappa shape index (κ1) is 19.3. The average Bonchev–Trinajstić information content (AvgIpc) is 3.40. The highest BCUT2D eigenvalue weighted by atomic mass is 28.4. The average molecular weight is 347 g/mol. The third-order valence-corrected chi connectivity index (χ3v) is 9.70. The number of hydrogen-bond donors (Lipinski definition) is 0. The van der Waals surface area contributed by atoms with Gasteiger partial charge in [-0.2, -0.15) is 0 Å². The molecule has 2 aliphatic rings. The van der Waals surface area contributed by atoms with Crippen LogP contribution < -0.4 is 0 Å². The van der Waals surface area contributed by atoms with E-state index in [9.17, 15) is 0 Å². The third kappa shape index (κ3) is 3.26. The van der Waals surface area contributed by atoms with Gasteiger partial charge in [-0.25, -0.2) is 0 Å². The molecule has 0 spiro atoms. The zero-order valence-electron chi connectivity index (χ0n) is 15.6. The lowest BCUT2D eigenvalue weighted by Gasteiger charge is -2.38. The van der Waals surface area contributed by atoms with Gasteiger partial charge in [-0.3, -0.25) is 0 Å². The summed E-state index contributed by atoms with van der Waals surface area (Å²) in [6.45, 7) is 14.7. The van der Waals surface area contributed by atoms with Gasteiger partial charge in [-0.15, -0.1) is 0 Å². The quantitative estimate of drug-likeness (QED) is 0.307. The Kier molecular flexibility index (Phi) is 6.30. The fourth-order valence-electron chi connectivity index (χ4n) is 3.41. The Hall–Kier alpha value is 0.0169. The van der Waals surface area contributed by atoms with Gasteiger partial charge in [0, 0.05) is 19.8 Å². The molecule has 23 heavy (non-hydrogen) atoms. The Labute approximate surface area is 142 Å². The SMILES string of the molecule is CCCCO[Si](C)(C1(OCCC)OC1C)C1(OCCC)OC1C. The predicted molar refractivity (Wildman–Crippen MR) is 91.5 cm³/mol. The normalized spacial score (nSPS) is 38.3. The third-order valence-electron chi connectivity index (χ3n) is 4.92. The van der Waals surface area contributed by atoms with E-state index in [-0.39, 0.29) is 12.2 Å². The molecule has 0 aliphatic carbocycles. The van der Waals surface area contributed by atoms with Gasteiger partial charge in [-0.1, -0.05) is 27.2 Å².